The summed E-state index contributed by atoms with van der Waals surface area (Å²) in [7, 11) is -3.51. The fourth-order valence-electron chi connectivity index (χ4n) is 3.27. The van der Waals surface area contributed by atoms with Crippen LogP contribution in [0.15, 0.2) is 57.3 Å². The number of nitrogens with one attached hydrogen (secondary N) is 1. The van der Waals surface area contributed by atoms with E-state index in [1.807, 2.05) is 6.92 Å². The largest absolute Gasteiger partial charge is 0.481 e. The third kappa shape index (κ3) is 4.07. The van der Waals surface area contributed by atoms with Gasteiger partial charge in [-0.25, -0.2) is 13.1 Å². The predicted octanol–water partition coefficient (Wildman–Crippen LogP) is 3.34. The van der Waals surface area contributed by atoms with Crippen LogP contribution in [0.2, 0.25) is 0 Å². The van der Waals surface area contributed by atoms with E-state index in [1.54, 1.807) is 47.0 Å². The number of carboxylic acids is 1. The highest BCUT2D eigenvalue weighted by Gasteiger charge is 2.28. The van der Waals surface area contributed by atoms with Crippen LogP contribution in [0, 0.1) is 18.3 Å². The molecule has 1 aliphatic carbocycles. The highest BCUT2D eigenvalue weighted by molar-refractivity contribution is 7.99. The third-order valence-electron chi connectivity index (χ3n) is 4.95. The van der Waals surface area contributed by atoms with Gasteiger partial charge in [0.2, 0.25) is 10.0 Å². The van der Waals surface area contributed by atoms with Crippen molar-refractivity contribution in [2.75, 3.05) is 0 Å². The van der Waals surface area contributed by atoms with E-state index in [2.05, 4.69) is 10.8 Å². The van der Waals surface area contributed by atoms with E-state index in [9.17, 15) is 23.6 Å². The Bertz CT molecular complexity index is 1280. The van der Waals surface area contributed by atoms with E-state index in [0.29, 0.717) is 11.3 Å². The lowest BCUT2D eigenvalue weighted by atomic mass is 10.2. The number of rotatable bonds is 7. The van der Waals surface area contributed by atoms with Crippen molar-refractivity contribution < 1.29 is 18.3 Å². The Morgan fingerprint density at radius 2 is 2.00 bits per heavy atom. The lowest BCUT2D eigenvalue weighted by molar-refractivity contribution is -0.136. The molecule has 0 bridgehead atoms. The molecule has 0 aliphatic heterocycles. The summed E-state index contributed by atoms with van der Waals surface area (Å²) in [4.78, 5) is 13.2. The Morgan fingerprint density at radius 3 is 2.60 bits per heavy atom. The maximum Gasteiger partial charge on any atom is 0.309 e. The second-order valence-corrected chi connectivity index (χ2v) is 10.0. The Labute approximate surface area is 178 Å². The van der Waals surface area contributed by atoms with Gasteiger partial charge in [0.15, 0.2) is 0 Å². The molecule has 7 nitrogen and oxygen atoms in total. The zero-order valence-electron chi connectivity index (χ0n) is 16.1. The van der Waals surface area contributed by atoms with Crippen molar-refractivity contribution in [3.05, 3.63) is 59.4 Å². The van der Waals surface area contributed by atoms with Gasteiger partial charge in [-0.3, -0.25) is 4.79 Å². The second-order valence-electron chi connectivity index (χ2n) is 7.22. The molecule has 1 saturated carbocycles. The Kier molecular flexibility index (Phi) is 5.32. The van der Waals surface area contributed by atoms with Gasteiger partial charge in [0.05, 0.1) is 28.5 Å². The van der Waals surface area contributed by atoms with E-state index in [4.69, 9.17) is 0 Å². The summed E-state index contributed by atoms with van der Waals surface area (Å²) in [6.07, 6.45) is 3.32. The number of aliphatic carboxylic acids is 1. The molecule has 0 unspecified atom stereocenters. The van der Waals surface area contributed by atoms with Crippen LogP contribution in [-0.4, -0.2) is 29.9 Å². The van der Waals surface area contributed by atoms with Gasteiger partial charge in [-0.15, -0.1) is 0 Å². The van der Waals surface area contributed by atoms with E-state index < -0.39 is 16.0 Å². The first-order valence-corrected chi connectivity index (χ1v) is 11.6. The van der Waals surface area contributed by atoms with Crippen LogP contribution in [0.5, 0.6) is 0 Å². The van der Waals surface area contributed by atoms with Gasteiger partial charge in [0.25, 0.3) is 0 Å². The zero-order chi connectivity index (χ0) is 21.5. The zero-order valence-corrected chi connectivity index (χ0v) is 17.8. The molecule has 0 amide bonds. The molecule has 1 aliphatic rings. The van der Waals surface area contributed by atoms with Crippen molar-refractivity contribution in [1.29, 1.82) is 5.26 Å². The number of carboxylic acid groups (broad SMARTS) is 1. The fraction of sp³-hybridized carbons (Fsp3) is 0.238. The summed E-state index contributed by atoms with van der Waals surface area (Å²) in [6.45, 7) is 1.86. The number of sulfonamides is 1. The van der Waals surface area contributed by atoms with Gasteiger partial charge >= 0.3 is 5.97 Å². The van der Waals surface area contributed by atoms with E-state index >= 15 is 0 Å². The first-order valence-electron chi connectivity index (χ1n) is 9.34. The average molecular weight is 442 g/mol. The minimum absolute atomic E-state index is 0.0430. The number of hydrogen-bond acceptors (Lipinski definition) is 5. The lowest BCUT2D eigenvalue weighted by Crippen LogP contribution is -2.25. The van der Waals surface area contributed by atoms with Gasteiger partial charge in [0, 0.05) is 27.7 Å². The number of aromatic nitrogens is 1. The maximum atomic E-state index is 12.4. The highest BCUT2D eigenvalue weighted by atomic mass is 32.2. The van der Waals surface area contributed by atoms with E-state index in [1.165, 1.54) is 11.8 Å². The predicted molar refractivity (Wildman–Crippen MR) is 112 cm³/mol. The van der Waals surface area contributed by atoms with Gasteiger partial charge < -0.3 is 9.51 Å². The second kappa shape index (κ2) is 7.80. The van der Waals surface area contributed by atoms with Crippen molar-refractivity contribution in [3.63, 3.8) is 0 Å². The van der Waals surface area contributed by atoms with Crippen LogP contribution in [0.4, 0.5) is 0 Å². The topological polar surface area (TPSA) is 112 Å². The van der Waals surface area contributed by atoms with Gasteiger partial charge in [-0.05, 0) is 61.7 Å². The molecule has 2 N–H and O–H groups in total. The molecule has 2 aromatic heterocycles. The minimum atomic E-state index is -3.51. The van der Waals surface area contributed by atoms with Gasteiger partial charge in [-0.2, -0.15) is 5.26 Å². The Balaban J connectivity index is 1.70. The van der Waals surface area contributed by atoms with Crippen LogP contribution in [0.25, 0.3) is 5.52 Å². The third-order valence-corrected chi connectivity index (χ3v) is 7.72. The fourth-order valence-corrected chi connectivity index (χ4v) is 5.61. The molecule has 9 heteroatoms. The van der Waals surface area contributed by atoms with Crippen molar-refractivity contribution in [1.82, 2.24) is 9.12 Å². The highest BCUT2D eigenvalue weighted by Crippen LogP contribution is 2.38. The first-order chi connectivity index (χ1) is 14.3. The molecule has 0 atom stereocenters. The summed E-state index contributed by atoms with van der Waals surface area (Å²) in [6, 6.07) is 12.2. The monoisotopic (exact) mass is 441 g/mol. The van der Waals surface area contributed by atoms with Crippen molar-refractivity contribution in [2.45, 2.75) is 46.9 Å². The molecule has 2 heterocycles. The number of nitriles is 1. The van der Waals surface area contributed by atoms with E-state index in [-0.39, 0.29) is 17.4 Å². The Morgan fingerprint density at radius 1 is 1.30 bits per heavy atom. The SMILES string of the molecule is Cc1c(Sc2ccc(S(=O)(=O)NC3CC3)cc2)c2cc(C#N)ccn2c1CC(=O)O. The number of carbonyl (C=O) groups is 1. The molecule has 4 rings (SSSR count). The molecule has 1 aromatic carbocycles. The number of hydrogen-bond donors (Lipinski definition) is 2. The lowest BCUT2D eigenvalue weighted by Gasteiger charge is -2.07. The molecule has 3 aromatic rings. The van der Waals surface area contributed by atoms with E-state index in [0.717, 1.165) is 33.7 Å². The molecular weight excluding hydrogens is 422 g/mol. The molecule has 0 saturated heterocycles. The number of benzene rings is 1. The van der Waals surface area contributed by atoms with Crippen molar-refractivity contribution in [2.24, 2.45) is 0 Å². The standard InChI is InChI=1S/C21H19N3O4S2/c1-13-18(11-20(25)26)24-9-8-14(12-22)10-19(24)21(13)29-16-4-6-17(7-5-16)30(27,28)23-15-2-3-15/h4-10,15,23H,2-3,11H2,1H3,(H,25,26). The average Bonchev–Trinajstić information content (AvgIpc) is 3.49. The molecular formula is C21H19N3O4S2. The van der Waals surface area contributed by atoms with Gasteiger partial charge in [-0.1, -0.05) is 11.8 Å². The smallest absolute Gasteiger partial charge is 0.309 e. The number of fused-ring (bicyclic) bond motifs is 1. The maximum absolute atomic E-state index is 12.4. The molecule has 30 heavy (non-hydrogen) atoms. The molecule has 154 valence electrons. The normalized spacial score (nSPS) is 14.0. The van der Waals surface area contributed by atoms with Crippen LogP contribution in [0.3, 0.4) is 0 Å². The summed E-state index contributed by atoms with van der Waals surface area (Å²) in [5.74, 6) is -0.934. The van der Waals surface area contributed by atoms with Crippen LogP contribution in [-0.2, 0) is 21.2 Å². The Hall–Kier alpha value is -2.80. The van der Waals surface area contributed by atoms with Gasteiger partial charge in [0.1, 0.15) is 0 Å². The van der Waals surface area contributed by atoms with Crippen molar-refractivity contribution in [3.8, 4) is 6.07 Å². The molecule has 0 radical (unpaired) electrons. The summed E-state index contributed by atoms with van der Waals surface area (Å²) in [5.41, 5.74) is 2.71. The first kappa shape index (κ1) is 20.5. The number of pyridine rings is 1. The minimum Gasteiger partial charge on any atom is -0.481 e. The quantitative estimate of drug-likeness (QED) is 0.582. The van der Waals surface area contributed by atoms with Crippen LogP contribution >= 0.6 is 11.8 Å². The van der Waals surface area contributed by atoms with Crippen molar-refractivity contribution >= 4 is 33.3 Å². The number of nitrogens with zero attached hydrogens (tertiary/aromatic N) is 2. The van der Waals surface area contributed by atoms with Crippen LogP contribution in [0.1, 0.15) is 29.7 Å². The molecule has 0 spiro atoms. The molecule has 1 fully saturated rings. The summed E-state index contributed by atoms with van der Waals surface area (Å²) in [5, 5.41) is 18.5. The summed E-state index contributed by atoms with van der Waals surface area (Å²) >= 11 is 1.42. The summed E-state index contributed by atoms with van der Waals surface area (Å²) < 4.78 is 29.2. The van der Waals surface area contributed by atoms with Crippen LogP contribution < -0.4 is 4.72 Å².